The molecule has 1 aromatic rings. The Labute approximate surface area is 103 Å². The largest absolute Gasteiger partial charge is 0.329 e. The first-order chi connectivity index (χ1) is 8.29. The lowest BCUT2D eigenvalue weighted by Crippen LogP contribution is -2.44. The predicted octanol–water partition coefficient (Wildman–Crippen LogP) is 2.18. The molecule has 1 aliphatic heterocycles. The van der Waals surface area contributed by atoms with Crippen molar-refractivity contribution < 1.29 is 4.39 Å². The fourth-order valence-corrected chi connectivity index (χ4v) is 2.55. The van der Waals surface area contributed by atoms with Crippen LogP contribution in [0.4, 0.5) is 4.39 Å². The molecule has 0 saturated carbocycles. The van der Waals surface area contributed by atoms with E-state index in [-0.39, 0.29) is 5.82 Å². The van der Waals surface area contributed by atoms with Gasteiger partial charge < -0.3 is 5.73 Å². The molecule has 0 aromatic heterocycles. The highest BCUT2D eigenvalue weighted by molar-refractivity contribution is 5.16. The molecule has 3 heteroatoms. The quantitative estimate of drug-likeness (QED) is 0.868. The number of hydrogen-bond donors (Lipinski definition) is 1. The molecule has 2 rings (SSSR count). The standard InChI is InChI=1S/C14H21FN2/c15-13-6-4-12(5-7-13)8-10-17-9-2-1-3-14(17)11-16/h4-7,14H,1-3,8-11,16H2/t14-/m0/s1. The van der Waals surface area contributed by atoms with Crippen LogP contribution in [0, 0.1) is 5.82 Å². The normalized spacial score (nSPS) is 21.6. The molecule has 1 saturated heterocycles. The Morgan fingerprint density at radius 1 is 1.24 bits per heavy atom. The number of nitrogens with two attached hydrogens (primary N) is 1. The van der Waals surface area contributed by atoms with Gasteiger partial charge in [0.2, 0.25) is 0 Å². The van der Waals surface area contributed by atoms with E-state index in [1.54, 1.807) is 0 Å². The molecule has 0 amide bonds. The molecular weight excluding hydrogens is 215 g/mol. The maximum absolute atomic E-state index is 12.8. The zero-order valence-corrected chi connectivity index (χ0v) is 10.2. The molecule has 17 heavy (non-hydrogen) atoms. The van der Waals surface area contributed by atoms with E-state index in [0.29, 0.717) is 6.04 Å². The van der Waals surface area contributed by atoms with Gasteiger partial charge in [-0.25, -0.2) is 4.39 Å². The smallest absolute Gasteiger partial charge is 0.123 e. The van der Waals surface area contributed by atoms with Gasteiger partial charge >= 0.3 is 0 Å². The van der Waals surface area contributed by atoms with Crippen molar-refractivity contribution in [3.8, 4) is 0 Å². The zero-order chi connectivity index (χ0) is 12.1. The lowest BCUT2D eigenvalue weighted by Gasteiger charge is -2.34. The minimum Gasteiger partial charge on any atom is -0.329 e. The van der Waals surface area contributed by atoms with E-state index in [2.05, 4.69) is 4.90 Å². The van der Waals surface area contributed by atoms with Crippen LogP contribution >= 0.6 is 0 Å². The third-order valence-corrected chi connectivity index (χ3v) is 3.62. The highest BCUT2D eigenvalue weighted by Gasteiger charge is 2.20. The summed E-state index contributed by atoms with van der Waals surface area (Å²) < 4.78 is 12.8. The van der Waals surface area contributed by atoms with Crippen molar-refractivity contribution in [2.75, 3.05) is 19.6 Å². The van der Waals surface area contributed by atoms with Gasteiger partial charge in [-0.3, -0.25) is 4.90 Å². The van der Waals surface area contributed by atoms with Crippen LogP contribution in [0.5, 0.6) is 0 Å². The second kappa shape index (κ2) is 6.12. The Kier molecular flexibility index (Phi) is 4.51. The minimum absolute atomic E-state index is 0.161. The van der Waals surface area contributed by atoms with Crippen LogP contribution in [0.2, 0.25) is 0 Å². The van der Waals surface area contributed by atoms with Crippen LogP contribution < -0.4 is 5.73 Å². The molecule has 2 nitrogen and oxygen atoms in total. The molecule has 0 unspecified atom stereocenters. The molecule has 0 radical (unpaired) electrons. The van der Waals surface area contributed by atoms with Crippen molar-refractivity contribution in [1.82, 2.24) is 4.90 Å². The van der Waals surface area contributed by atoms with E-state index in [4.69, 9.17) is 5.73 Å². The Hall–Kier alpha value is -0.930. The topological polar surface area (TPSA) is 29.3 Å². The summed E-state index contributed by atoms with van der Waals surface area (Å²) in [7, 11) is 0. The maximum Gasteiger partial charge on any atom is 0.123 e. The van der Waals surface area contributed by atoms with Crippen LogP contribution in [-0.2, 0) is 6.42 Å². The molecule has 0 bridgehead atoms. The van der Waals surface area contributed by atoms with Gasteiger partial charge in [0.05, 0.1) is 0 Å². The third kappa shape index (κ3) is 3.51. The molecule has 1 aromatic carbocycles. The predicted molar refractivity (Wildman–Crippen MR) is 68.4 cm³/mol. The minimum atomic E-state index is -0.161. The molecule has 0 spiro atoms. The highest BCUT2D eigenvalue weighted by atomic mass is 19.1. The van der Waals surface area contributed by atoms with Crippen molar-refractivity contribution in [2.45, 2.75) is 31.7 Å². The van der Waals surface area contributed by atoms with E-state index in [1.807, 2.05) is 12.1 Å². The Bertz CT molecular complexity index is 337. The van der Waals surface area contributed by atoms with Crippen LogP contribution in [0.15, 0.2) is 24.3 Å². The summed E-state index contributed by atoms with van der Waals surface area (Å²) in [6, 6.07) is 7.36. The number of hydrogen-bond acceptors (Lipinski definition) is 2. The summed E-state index contributed by atoms with van der Waals surface area (Å²) in [6.45, 7) is 2.94. The molecule has 1 aliphatic rings. The summed E-state index contributed by atoms with van der Waals surface area (Å²) in [5.41, 5.74) is 6.99. The Morgan fingerprint density at radius 3 is 2.71 bits per heavy atom. The van der Waals surface area contributed by atoms with Crippen molar-refractivity contribution >= 4 is 0 Å². The Morgan fingerprint density at radius 2 is 2.00 bits per heavy atom. The summed E-state index contributed by atoms with van der Waals surface area (Å²) in [5, 5.41) is 0. The first-order valence-corrected chi connectivity index (χ1v) is 6.48. The van der Waals surface area contributed by atoms with Gasteiger partial charge in [-0.05, 0) is 43.5 Å². The summed E-state index contributed by atoms with van der Waals surface area (Å²) in [6.07, 6.45) is 4.78. The lowest BCUT2D eigenvalue weighted by atomic mass is 10.0. The Balaban J connectivity index is 1.86. The van der Waals surface area contributed by atoms with Crippen molar-refractivity contribution in [3.05, 3.63) is 35.6 Å². The number of nitrogens with zero attached hydrogens (tertiary/aromatic N) is 1. The van der Waals surface area contributed by atoms with Gasteiger partial charge in [0.15, 0.2) is 0 Å². The van der Waals surface area contributed by atoms with Crippen molar-refractivity contribution in [2.24, 2.45) is 5.73 Å². The molecule has 94 valence electrons. The molecule has 1 heterocycles. The number of rotatable bonds is 4. The molecular formula is C14H21FN2. The molecule has 0 aliphatic carbocycles. The lowest BCUT2D eigenvalue weighted by molar-refractivity contribution is 0.155. The summed E-state index contributed by atoms with van der Waals surface area (Å²) >= 11 is 0. The van der Waals surface area contributed by atoms with E-state index in [9.17, 15) is 4.39 Å². The van der Waals surface area contributed by atoms with Gasteiger partial charge in [0.1, 0.15) is 5.82 Å². The monoisotopic (exact) mass is 236 g/mol. The molecule has 1 fully saturated rings. The van der Waals surface area contributed by atoms with E-state index in [0.717, 1.165) is 26.1 Å². The first-order valence-electron chi connectivity index (χ1n) is 6.48. The van der Waals surface area contributed by atoms with Crippen LogP contribution in [0.1, 0.15) is 24.8 Å². The number of benzene rings is 1. The molecule has 1 atom stereocenters. The third-order valence-electron chi connectivity index (χ3n) is 3.62. The average molecular weight is 236 g/mol. The highest BCUT2D eigenvalue weighted by Crippen LogP contribution is 2.16. The second-order valence-corrected chi connectivity index (χ2v) is 4.80. The first kappa shape index (κ1) is 12.5. The van der Waals surface area contributed by atoms with Crippen molar-refractivity contribution in [3.63, 3.8) is 0 Å². The van der Waals surface area contributed by atoms with Gasteiger partial charge in [0.25, 0.3) is 0 Å². The fraction of sp³-hybridized carbons (Fsp3) is 0.571. The second-order valence-electron chi connectivity index (χ2n) is 4.80. The van der Waals surface area contributed by atoms with Gasteiger partial charge in [-0.15, -0.1) is 0 Å². The van der Waals surface area contributed by atoms with E-state index >= 15 is 0 Å². The fourth-order valence-electron chi connectivity index (χ4n) is 2.55. The SMILES string of the molecule is NC[C@@H]1CCCCN1CCc1ccc(F)cc1. The number of piperidine rings is 1. The summed E-state index contributed by atoms with van der Waals surface area (Å²) in [4.78, 5) is 2.48. The van der Waals surface area contributed by atoms with Crippen LogP contribution in [0.25, 0.3) is 0 Å². The number of halogens is 1. The van der Waals surface area contributed by atoms with Gasteiger partial charge in [0, 0.05) is 19.1 Å². The zero-order valence-electron chi connectivity index (χ0n) is 10.2. The maximum atomic E-state index is 12.8. The molecule has 2 N–H and O–H groups in total. The van der Waals surface area contributed by atoms with Crippen LogP contribution in [-0.4, -0.2) is 30.6 Å². The number of likely N-dealkylation sites (tertiary alicyclic amines) is 1. The van der Waals surface area contributed by atoms with E-state index < -0.39 is 0 Å². The average Bonchev–Trinajstić information content (AvgIpc) is 2.38. The van der Waals surface area contributed by atoms with Crippen molar-refractivity contribution in [1.29, 1.82) is 0 Å². The van der Waals surface area contributed by atoms with Gasteiger partial charge in [-0.1, -0.05) is 18.6 Å². The van der Waals surface area contributed by atoms with E-state index in [1.165, 1.54) is 37.0 Å². The van der Waals surface area contributed by atoms with Gasteiger partial charge in [-0.2, -0.15) is 0 Å². The van der Waals surface area contributed by atoms with Crippen LogP contribution in [0.3, 0.4) is 0 Å². The summed E-state index contributed by atoms with van der Waals surface area (Å²) in [5.74, 6) is -0.161.